The van der Waals surface area contributed by atoms with Crippen LogP contribution in [-0.4, -0.2) is 14.7 Å². The Balaban J connectivity index is 2.21. The van der Waals surface area contributed by atoms with E-state index in [-0.39, 0.29) is 6.04 Å². The number of hydrogen-bond acceptors (Lipinski definition) is 4. The molecule has 0 bridgehead atoms. The molecule has 1 atom stereocenters. The minimum atomic E-state index is -3.12. The van der Waals surface area contributed by atoms with Gasteiger partial charge in [-0.2, -0.15) is 0 Å². The lowest BCUT2D eigenvalue weighted by molar-refractivity contribution is 0.232. The van der Waals surface area contributed by atoms with Gasteiger partial charge in [-0.1, -0.05) is 18.6 Å². The van der Waals surface area contributed by atoms with Gasteiger partial charge >= 0.3 is 0 Å². The molecule has 94 valence electrons. The van der Waals surface area contributed by atoms with Gasteiger partial charge in [0.15, 0.2) is 9.84 Å². The highest BCUT2D eigenvalue weighted by molar-refractivity contribution is 7.90. The van der Waals surface area contributed by atoms with Gasteiger partial charge in [-0.3, -0.25) is 11.3 Å². The van der Waals surface area contributed by atoms with Crippen molar-refractivity contribution >= 4 is 9.84 Å². The third-order valence-electron chi connectivity index (χ3n) is 3.47. The average Bonchev–Trinajstić information content (AvgIpc) is 2.22. The maximum Gasteiger partial charge on any atom is 0.175 e. The van der Waals surface area contributed by atoms with Crippen molar-refractivity contribution in [2.24, 2.45) is 11.8 Å². The first-order valence-electron chi connectivity index (χ1n) is 5.78. The first-order chi connectivity index (χ1) is 8.02. The minimum absolute atomic E-state index is 0.136. The van der Waals surface area contributed by atoms with Crippen molar-refractivity contribution in [1.29, 1.82) is 0 Å². The van der Waals surface area contributed by atoms with Gasteiger partial charge in [0.05, 0.1) is 4.90 Å². The van der Waals surface area contributed by atoms with Gasteiger partial charge in [0.2, 0.25) is 0 Å². The summed E-state index contributed by atoms with van der Waals surface area (Å²) in [5.41, 5.74) is 3.89. The summed E-state index contributed by atoms with van der Waals surface area (Å²) in [5.74, 6) is 6.14. The molecular weight excluding hydrogens is 236 g/mol. The highest BCUT2D eigenvalue weighted by atomic mass is 32.2. The molecule has 0 spiro atoms. The van der Waals surface area contributed by atoms with Crippen molar-refractivity contribution in [3.63, 3.8) is 0 Å². The quantitative estimate of drug-likeness (QED) is 0.629. The summed E-state index contributed by atoms with van der Waals surface area (Å²) in [5, 5.41) is 0. The highest BCUT2D eigenvalue weighted by Gasteiger charge is 2.27. The van der Waals surface area contributed by atoms with Gasteiger partial charge in [0.25, 0.3) is 0 Å². The summed E-state index contributed by atoms with van der Waals surface area (Å²) in [6, 6.07) is 7.12. The molecule has 1 unspecified atom stereocenters. The van der Waals surface area contributed by atoms with E-state index in [2.05, 4.69) is 5.43 Å². The van der Waals surface area contributed by atoms with Crippen molar-refractivity contribution in [2.75, 3.05) is 6.26 Å². The van der Waals surface area contributed by atoms with E-state index in [0.717, 1.165) is 5.56 Å². The molecule has 1 aliphatic rings. The molecule has 0 radical (unpaired) electrons. The van der Waals surface area contributed by atoms with Crippen LogP contribution in [0.1, 0.15) is 30.9 Å². The summed E-state index contributed by atoms with van der Waals surface area (Å²) in [6.45, 7) is 0. The lowest BCUT2D eigenvalue weighted by Gasteiger charge is -2.33. The van der Waals surface area contributed by atoms with Gasteiger partial charge in [-0.25, -0.2) is 8.42 Å². The Morgan fingerprint density at radius 3 is 2.24 bits per heavy atom. The third kappa shape index (κ3) is 2.68. The van der Waals surface area contributed by atoms with E-state index in [1.165, 1.54) is 25.5 Å². The molecule has 4 nitrogen and oxygen atoms in total. The van der Waals surface area contributed by atoms with E-state index in [1.54, 1.807) is 12.1 Å². The summed E-state index contributed by atoms with van der Waals surface area (Å²) in [4.78, 5) is 0.352. The van der Waals surface area contributed by atoms with Crippen molar-refractivity contribution in [2.45, 2.75) is 30.2 Å². The summed E-state index contributed by atoms with van der Waals surface area (Å²) in [7, 11) is -3.12. The fourth-order valence-electron chi connectivity index (χ4n) is 2.20. The van der Waals surface area contributed by atoms with E-state index < -0.39 is 9.84 Å². The van der Waals surface area contributed by atoms with Crippen LogP contribution in [0.4, 0.5) is 0 Å². The van der Waals surface area contributed by atoms with Crippen LogP contribution >= 0.6 is 0 Å². The molecule has 1 aromatic carbocycles. The molecule has 0 heterocycles. The van der Waals surface area contributed by atoms with Gasteiger partial charge in [-0.15, -0.1) is 0 Å². The number of rotatable bonds is 4. The molecule has 1 aliphatic carbocycles. The van der Waals surface area contributed by atoms with E-state index >= 15 is 0 Å². The largest absolute Gasteiger partial charge is 0.271 e. The summed E-state index contributed by atoms with van der Waals surface area (Å²) < 4.78 is 22.7. The van der Waals surface area contributed by atoms with Crippen LogP contribution < -0.4 is 11.3 Å². The highest BCUT2D eigenvalue weighted by Crippen LogP contribution is 2.37. The van der Waals surface area contributed by atoms with Crippen LogP contribution in [0.2, 0.25) is 0 Å². The van der Waals surface area contributed by atoms with Gasteiger partial charge in [0, 0.05) is 12.3 Å². The first-order valence-corrected chi connectivity index (χ1v) is 7.67. The van der Waals surface area contributed by atoms with Gasteiger partial charge in [0.1, 0.15) is 0 Å². The number of hydrogen-bond donors (Lipinski definition) is 2. The Morgan fingerprint density at radius 1 is 1.29 bits per heavy atom. The van der Waals surface area contributed by atoms with Crippen LogP contribution in [0, 0.1) is 5.92 Å². The fourth-order valence-corrected chi connectivity index (χ4v) is 2.83. The zero-order valence-corrected chi connectivity index (χ0v) is 10.7. The third-order valence-corrected chi connectivity index (χ3v) is 4.60. The lowest BCUT2D eigenvalue weighted by atomic mass is 9.77. The molecule has 1 fully saturated rings. The van der Waals surface area contributed by atoms with Crippen LogP contribution in [0.3, 0.4) is 0 Å². The van der Waals surface area contributed by atoms with Crippen molar-refractivity contribution in [3.05, 3.63) is 29.8 Å². The second-order valence-electron chi connectivity index (χ2n) is 4.68. The Labute approximate surface area is 102 Å². The predicted molar refractivity (Wildman–Crippen MR) is 67.0 cm³/mol. The first kappa shape index (κ1) is 12.5. The molecule has 0 amide bonds. The number of nitrogens with one attached hydrogen (secondary N) is 1. The number of sulfone groups is 1. The van der Waals surface area contributed by atoms with Gasteiger partial charge in [-0.05, 0) is 36.5 Å². The fraction of sp³-hybridized carbons (Fsp3) is 0.500. The molecule has 5 heteroatoms. The molecule has 3 N–H and O–H groups in total. The van der Waals surface area contributed by atoms with E-state index in [1.807, 2.05) is 12.1 Å². The molecule has 17 heavy (non-hydrogen) atoms. The second-order valence-corrected chi connectivity index (χ2v) is 6.69. The standard InChI is InChI=1S/C12H18N2O2S/c1-17(15,16)11-7-5-10(6-8-11)12(14-13)9-3-2-4-9/h5-9,12,14H,2-4,13H2,1H3. The summed E-state index contributed by atoms with van der Waals surface area (Å²) in [6.07, 6.45) is 4.84. The average molecular weight is 254 g/mol. The van der Waals surface area contributed by atoms with Crippen LogP contribution in [0.5, 0.6) is 0 Å². The number of benzene rings is 1. The van der Waals surface area contributed by atoms with Crippen LogP contribution in [-0.2, 0) is 9.84 Å². The molecule has 1 aromatic rings. The topological polar surface area (TPSA) is 72.2 Å². The lowest BCUT2D eigenvalue weighted by Crippen LogP contribution is -2.36. The van der Waals surface area contributed by atoms with E-state index in [4.69, 9.17) is 5.84 Å². The number of nitrogens with two attached hydrogens (primary N) is 1. The van der Waals surface area contributed by atoms with Crippen molar-refractivity contribution in [1.82, 2.24) is 5.43 Å². The van der Waals surface area contributed by atoms with Crippen molar-refractivity contribution in [3.8, 4) is 0 Å². The molecule has 2 rings (SSSR count). The molecule has 0 saturated heterocycles. The Morgan fingerprint density at radius 2 is 1.88 bits per heavy atom. The van der Waals surface area contributed by atoms with E-state index in [9.17, 15) is 8.42 Å². The van der Waals surface area contributed by atoms with Crippen LogP contribution in [0.25, 0.3) is 0 Å². The number of hydrazine groups is 1. The Bertz CT molecular complexity index is 478. The SMILES string of the molecule is CS(=O)(=O)c1ccc(C(NN)C2CCC2)cc1. The molecular formula is C12H18N2O2S. The monoisotopic (exact) mass is 254 g/mol. The summed E-state index contributed by atoms with van der Waals surface area (Å²) >= 11 is 0. The van der Waals surface area contributed by atoms with Gasteiger partial charge < -0.3 is 0 Å². The smallest absolute Gasteiger partial charge is 0.175 e. The van der Waals surface area contributed by atoms with Crippen LogP contribution in [0.15, 0.2) is 29.2 Å². The Kier molecular flexibility index (Phi) is 3.51. The zero-order valence-electron chi connectivity index (χ0n) is 9.89. The minimum Gasteiger partial charge on any atom is -0.271 e. The Hall–Kier alpha value is -0.910. The molecule has 0 aromatic heterocycles. The maximum absolute atomic E-state index is 11.3. The zero-order chi connectivity index (χ0) is 12.5. The van der Waals surface area contributed by atoms with Crippen molar-refractivity contribution < 1.29 is 8.42 Å². The maximum atomic E-state index is 11.3. The molecule has 1 saturated carbocycles. The second kappa shape index (κ2) is 4.76. The normalized spacial score (nSPS) is 18.7. The predicted octanol–water partition coefficient (Wildman–Crippen LogP) is 1.39. The van der Waals surface area contributed by atoms with E-state index in [0.29, 0.717) is 10.8 Å². The molecule has 0 aliphatic heterocycles.